The molecule has 41 heavy (non-hydrogen) atoms. The lowest BCUT2D eigenvalue weighted by molar-refractivity contribution is -0.143. The van der Waals surface area contributed by atoms with Crippen LogP contribution in [0.3, 0.4) is 0 Å². The third kappa shape index (κ3) is 4.74. The number of hydrogen-bond donors (Lipinski definition) is 3. The van der Waals surface area contributed by atoms with E-state index in [4.69, 9.17) is 14.9 Å². The molecule has 1 saturated carbocycles. The average molecular weight is 569 g/mol. The highest BCUT2D eigenvalue weighted by Crippen LogP contribution is 2.59. The number of hydrogen-bond acceptors (Lipinski definition) is 8. The number of carbonyl (C=O) groups excluding carboxylic acids is 4. The molecule has 1 aromatic rings. The molecule has 1 aromatic carbocycles. The Morgan fingerprint density at radius 1 is 0.854 bits per heavy atom. The minimum Gasteiger partial charge on any atom is -0.504 e. The van der Waals surface area contributed by atoms with Gasteiger partial charge in [0.25, 0.3) is 0 Å². The maximum Gasteiger partial charge on any atom is 0.303 e. The lowest BCUT2D eigenvalue weighted by Gasteiger charge is -2.44. The number of nitrogens with zero attached hydrogens (tertiary/aromatic N) is 2. The SMILES string of the molecule is COc1cccc([C@H]2C3=CC[C@@H]4C(=O)N(CCCC(=O)O)C(=O)[C@@H]4[C@@H]3C[C@H]3C(=O)N(CCCC(=O)O)C(=O)[C@@H]23)c1O. The zero-order chi connectivity index (χ0) is 29.6. The van der Waals surface area contributed by atoms with Crippen LogP contribution in [0.1, 0.15) is 50.0 Å². The summed E-state index contributed by atoms with van der Waals surface area (Å²) >= 11 is 0. The van der Waals surface area contributed by atoms with Gasteiger partial charge in [-0.3, -0.25) is 38.6 Å². The molecule has 3 N–H and O–H groups in total. The highest BCUT2D eigenvalue weighted by atomic mass is 16.5. The maximum absolute atomic E-state index is 13.8. The molecule has 12 nitrogen and oxygen atoms in total. The number of aliphatic carboxylic acids is 2. The second kappa shape index (κ2) is 11.0. The number of allylic oxidation sites excluding steroid dienone is 2. The summed E-state index contributed by atoms with van der Waals surface area (Å²) in [5, 5.41) is 29.2. The minimum absolute atomic E-state index is 0.0139. The molecule has 2 aliphatic heterocycles. The van der Waals surface area contributed by atoms with Crippen LogP contribution < -0.4 is 4.74 Å². The molecular weight excluding hydrogens is 536 g/mol. The number of carbonyl (C=O) groups is 6. The van der Waals surface area contributed by atoms with Crippen molar-refractivity contribution >= 4 is 35.6 Å². The molecule has 12 heteroatoms. The minimum atomic E-state index is -1.04. The molecule has 2 aliphatic carbocycles. The first-order chi connectivity index (χ1) is 19.6. The van der Waals surface area contributed by atoms with E-state index in [-0.39, 0.29) is 69.0 Å². The number of imide groups is 2. The van der Waals surface area contributed by atoms with E-state index in [0.717, 1.165) is 9.80 Å². The van der Waals surface area contributed by atoms with Gasteiger partial charge in [-0.15, -0.1) is 0 Å². The van der Waals surface area contributed by atoms with E-state index in [1.807, 2.05) is 6.08 Å². The van der Waals surface area contributed by atoms with Crippen molar-refractivity contribution in [1.82, 2.24) is 9.80 Å². The molecule has 4 amide bonds. The maximum atomic E-state index is 13.8. The zero-order valence-corrected chi connectivity index (χ0v) is 22.5. The Morgan fingerprint density at radius 3 is 2.02 bits per heavy atom. The number of rotatable bonds is 10. The van der Waals surface area contributed by atoms with Crippen LogP contribution in [0.4, 0.5) is 0 Å². The van der Waals surface area contributed by atoms with Crippen LogP contribution >= 0.6 is 0 Å². The lowest BCUT2D eigenvalue weighted by Crippen LogP contribution is -2.43. The monoisotopic (exact) mass is 568 g/mol. The van der Waals surface area contributed by atoms with Gasteiger partial charge in [0, 0.05) is 37.4 Å². The van der Waals surface area contributed by atoms with E-state index in [9.17, 15) is 33.9 Å². The Balaban J connectivity index is 1.53. The van der Waals surface area contributed by atoms with E-state index in [0.29, 0.717) is 11.1 Å². The molecule has 3 fully saturated rings. The number of carboxylic acids is 2. The normalized spacial score (nSPS) is 28.8. The first-order valence-corrected chi connectivity index (χ1v) is 13.8. The van der Waals surface area contributed by atoms with Gasteiger partial charge in [0.2, 0.25) is 23.6 Å². The number of phenols is 1. The summed E-state index contributed by atoms with van der Waals surface area (Å²) in [5.74, 6) is -8.20. The van der Waals surface area contributed by atoms with Gasteiger partial charge in [-0.25, -0.2) is 0 Å². The molecule has 0 aromatic heterocycles. The Bertz CT molecular complexity index is 1350. The van der Waals surface area contributed by atoms with Crippen LogP contribution in [-0.2, 0) is 28.8 Å². The van der Waals surface area contributed by atoms with Gasteiger partial charge >= 0.3 is 11.9 Å². The third-order valence-electron chi connectivity index (χ3n) is 8.96. The molecule has 0 radical (unpaired) electrons. The van der Waals surface area contributed by atoms with Crippen LogP contribution in [0.2, 0.25) is 0 Å². The van der Waals surface area contributed by atoms with E-state index < -0.39 is 65.2 Å². The topological polar surface area (TPSA) is 179 Å². The molecule has 0 unspecified atom stereocenters. The summed E-state index contributed by atoms with van der Waals surface area (Å²) in [7, 11) is 1.39. The summed E-state index contributed by atoms with van der Waals surface area (Å²) in [4.78, 5) is 78.5. The van der Waals surface area contributed by atoms with Crippen molar-refractivity contribution in [2.75, 3.05) is 20.2 Å². The molecule has 218 valence electrons. The molecule has 6 atom stereocenters. The van der Waals surface area contributed by atoms with Crippen molar-refractivity contribution in [1.29, 1.82) is 0 Å². The number of methoxy groups -OCH3 is 1. The Hall–Kier alpha value is -4.22. The summed E-state index contributed by atoms with van der Waals surface area (Å²) in [5.41, 5.74) is 1.08. The first kappa shape index (κ1) is 28.3. The smallest absolute Gasteiger partial charge is 0.303 e. The van der Waals surface area contributed by atoms with E-state index in [2.05, 4.69) is 0 Å². The standard InChI is InChI=1S/C29H32N2O10/c1-41-19-6-2-5-15(25(19)36)22-14-9-10-16-23(28(39)30(26(16)37)11-3-7-20(32)33)17(14)13-18-24(22)29(40)31(27(18)38)12-4-8-21(34)35/h2,5-6,9,16-18,22-24,36H,3-4,7-8,10-13H2,1H3,(H,32,33)(H,34,35)/t16-,17+,18+,22+,23-,24+/m0/s1. The lowest BCUT2D eigenvalue weighted by atomic mass is 9.57. The predicted octanol–water partition coefficient (Wildman–Crippen LogP) is 1.77. The molecule has 2 heterocycles. The molecular formula is C29H32N2O10. The van der Waals surface area contributed by atoms with Crippen LogP contribution in [-0.4, -0.2) is 80.9 Å². The van der Waals surface area contributed by atoms with Gasteiger partial charge in [-0.2, -0.15) is 0 Å². The number of benzene rings is 1. The van der Waals surface area contributed by atoms with Crippen molar-refractivity contribution in [2.24, 2.45) is 29.6 Å². The molecule has 0 bridgehead atoms. The Kier molecular flexibility index (Phi) is 7.58. The largest absolute Gasteiger partial charge is 0.504 e. The number of aromatic hydroxyl groups is 1. The quantitative estimate of drug-likeness (QED) is 0.278. The summed E-state index contributed by atoms with van der Waals surface area (Å²) in [6, 6.07) is 4.88. The van der Waals surface area contributed by atoms with Crippen LogP contribution in [0, 0.1) is 29.6 Å². The summed E-state index contributed by atoms with van der Waals surface area (Å²) < 4.78 is 5.30. The van der Waals surface area contributed by atoms with Gasteiger partial charge in [-0.1, -0.05) is 23.8 Å². The molecule has 4 aliphatic rings. The van der Waals surface area contributed by atoms with Gasteiger partial charge in [0.1, 0.15) is 0 Å². The number of carboxylic acid groups (broad SMARTS) is 2. The second-order valence-corrected chi connectivity index (χ2v) is 11.1. The van der Waals surface area contributed by atoms with Crippen molar-refractivity contribution in [3.8, 4) is 11.5 Å². The number of likely N-dealkylation sites (tertiary alicyclic amines) is 2. The fourth-order valence-corrected chi connectivity index (χ4v) is 7.24. The highest BCUT2D eigenvalue weighted by Gasteiger charge is 2.62. The Morgan fingerprint density at radius 2 is 1.44 bits per heavy atom. The Labute approximate surface area is 235 Å². The van der Waals surface area contributed by atoms with E-state index in [1.165, 1.54) is 7.11 Å². The average Bonchev–Trinajstić information content (AvgIpc) is 3.32. The third-order valence-corrected chi connectivity index (χ3v) is 8.96. The van der Waals surface area contributed by atoms with Crippen LogP contribution in [0.25, 0.3) is 0 Å². The van der Waals surface area contributed by atoms with Crippen molar-refractivity contribution in [3.63, 3.8) is 0 Å². The number of fused-ring (bicyclic) bond motifs is 4. The molecule has 5 rings (SSSR count). The van der Waals surface area contributed by atoms with Gasteiger partial charge in [0.05, 0.1) is 30.8 Å². The van der Waals surface area contributed by atoms with E-state index >= 15 is 0 Å². The first-order valence-electron chi connectivity index (χ1n) is 13.8. The highest BCUT2D eigenvalue weighted by molar-refractivity contribution is 6.08. The van der Waals surface area contributed by atoms with Gasteiger partial charge in [0.15, 0.2) is 11.5 Å². The number of para-hydroxylation sites is 1. The molecule has 2 saturated heterocycles. The predicted molar refractivity (Wildman–Crippen MR) is 139 cm³/mol. The summed E-state index contributed by atoms with van der Waals surface area (Å²) in [6.45, 7) is -0.0712. The van der Waals surface area contributed by atoms with Crippen molar-refractivity contribution < 1.29 is 48.8 Å². The van der Waals surface area contributed by atoms with Crippen LogP contribution in [0.5, 0.6) is 11.5 Å². The fourth-order valence-electron chi connectivity index (χ4n) is 7.24. The molecule has 0 spiro atoms. The number of amides is 4. The summed E-state index contributed by atoms with van der Waals surface area (Å²) in [6.07, 6.45) is 2.06. The van der Waals surface area contributed by atoms with E-state index in [1.54, 1.807) is 18.2 Å². The van der Waals surface area contributed by atoms with Gasteiger partial charge < -0.3 is 20.1 Å². The van der Waals surface area contributed by atoms with Crippen LogP contribution in [0.15, 0.2) is 29.8 Å². The second-order valence-electron chi connectivity index (χ2n) is 11.1. The number of phenolic OH excluding ortho intramolecular Hbond substituents is 1. The van der Waals surface area contributed by atoms with Crippen molar-refractivity contribution in [2.45, 2.75) is 44.4 Å². The number of ether oxygens (including phenoxy) is 1. The van der Waals surface area contributed by atoms with Crippen molar-refractivity contribution in [3.05, 3.63) is 35.4 Å². The zero-order valence-electron chi connectivity index (χ0n) is 22.5. The fraction of sp³-hybridized carbons (Fsp3) is 0.517. The van der Waals surface area contributed by atoms with Gasteiger partial charge in [-0.05, 0) is 37.7 Å².